The predicted octanol–water partition coefficient (Wildman–Crippen LogP) is 2.40. The van der Waals surface area contributed by atoms with Gasteiger partial charge in [-0.2, -0.15) is 0 Å². The van der Waals surface area contributed by atoms with E-state index in [-0.39, 0.29) is 31.8 Å². The summed E-state index contributed by atoms with van der Waals surface area (Å²) in [7, 11) is -2.09. The van der Waals surface area contributed by atoms with Crippen LogP contribution in [0.25, 0.3) is 0 Å². The third kappa shape index (κ3) is 3.15. The van der Waals surface area contributed by atoms with E-state index < -0.39 is 26.4 Å². The van der Waals surface area contributed by atoms with Gasteiger partial charge in [0.25, 0.3) is 5.91 Å². The summed E-state index contributed by atoms with van der Waals surface area (Å²) in [6.45, 7) is 2.37. The van der Waals surface area contributed by atoms with E-state index >= 15 is 0 Å². The van der Waals surface area contributed by atoms with Crippen LogP contribution < -0.4 is 9.64 Å². The van der Waals surface area contributed by atoms with Crippen LogP contribution in [0.4, 0.5) is 5.69 Å². The van der Waals surface area contributed by atoms with Crippen molar-refractivity contribution in [2.24, 2.45) is 0 Å². The first-order valence-corrected chi connectivity index (χ1v) is 11.5. The molecule has 0 N–H and O–H groups in total. The fraction of sp³-hybridized carbons (Fsp3) is 0.364. The molecule has 4 rings (SSSR count). The van der Waals surface area contributed by atoms with Crippen LogP contribution in [0.3, 0.4) is 0 Å². The number of anilines is 1. The lowest BCUT2D eigenvalue weighted by Gasteiger charge is -2.43. The Kier molecular flexibility index (Phi) is 5.05. The van der Waals surface area contributed by atoms with Gasteiger partial charge in [0.2, 0.25) is 5.91 Å². The standard InChI is InChI=1S/C22H24N2O5S/c1-16-14-18(29-2)8-9-19(16)21(26)23-12-10-22(11-13-23)24(17-6-4-3-5-7-17)20(25)15-30(22,27)28/h3-9,14H,10-13,15H2,1-2H3. The van der Waals surface area contributed by atoms with Crippen molar-refractivity contribution in [1.29, 1.82) is 0 Å². The topological polar surface area (TPSA) is 84.0 Å². The fourth-order valence-corrected chi connectivity index (χ4v) is 6.46. The average molecular weight is 429 g/mol. The molecule has 0 saturated carbocycles. The van der Waals surface area contributed by atoms with Crippen LogP contribution in [-0.2, 0) is 14.6 Å². The SMILES string of the molecule is COc1ccc(C(=O)N2CCC3(CC2)N(c2ccccc2)C(=O)CS3(=O)=O)c(C)c1. The Labute approximate surface area is 176 Å². The summed E-state index contributed by atoms with van der Waals surface area (Å²) < 4.78 is 31.2. The van der Waals surface area contributed by atoms with E-state index in [1.807, 2.05) is 13.0 Å². The van der Waals surface area contributed by atoms with E-state index in [1.54, 1.807) is 54.5 Å². The number of methoxy groups -OCH3 is 1. The van der Waals surface area contributed by atoms with Gasteiger partial charge in [-0.3, -0.25) is 14.5 Å². The first-order valence-electron chi connectivity index (χ1n) is 9.83. The molecule has 0 unspecified atom stereocenters. The minimum Gasteiger partial charge on any atom is -0.497 e. The lowest BCUT2D eigenvalue weighted by molar-refractivity contribution is -0.116. The molecule has 0 aliphatic carbocycles. The number of carbonyl (C=O) groups is 2. The zero-order chi connectivity index (χ0) is 21.5. The number of nitrogens with zero attached hydrogens (tertiary/aromatic N) is 2. The summed E-state index contributed by atoms with van der Waals surface area (Å²) in [5.74, 6) is -0.367. The maximum atomic E-state index is 13.1. The van der Waals surface area contributed by atoms with E-state index in [0.717, 1.165) is 5.56 Å². The normalized spacial score (nSPS) is 19.9. The lowest BCUT2D eigenvalue weighted by Crippen LogP contribution is -2.57. The summed E-state index contributed by atoms with van der Waals surface area (Å²) >= 11 is 0. The number of piperidine rings is 1. The highest BCUT2D eigenvalue weighted by Crippen LogP contribution is 2.43. The monoisotopic (exact) mass is 428 g/mol. The average Bonchev–Trinajstić information content (AvgIpc) is 2.93. The number of para-hydroxylation sites is 1. The second kappa shape index (κ2) is 7.43. The third-order valence-electron chi connectivity index (χ3n) is 6.06. The molecular formula is C22H24N2O5S. The Morgan fingerprint density at radius 3 is 2.33 bits per heavy atom. The molecule has 8 heteroatoms. The lowest BCUT2D eigenvalue weighted by atomic mass is 9.99. The van der Waals surface area contributed by atoms with Crippen LogP contribution in [0.2, 0.25) is 0 Å². The van der Waals surface area contributed by atoms with Crippen molar-refractivity contribution in [2.45, 2.75) is 24.6 Å². The smallest absolute Gasteiger partial charge is 0.254 e. The molecule has 2 aliphatic heterocycles. The van der Waals surface area contributed by atoms with E-state index in [9.17, 15) is 18.0 Å². The first-order chi connectivity index (χ1) is 14.3. The number of sulfone groups is 1. The highest BCUT2D eigenvalue weighted by molar-refractivity contribution is 7.94. The Balaban J connectivity index is 1.60. The quantitative estimate of drug-likeness (QED) is 0.750. The van der Waals surface area contributed by atoms with Crippen LogP contribution in [0.15, 0.2) is 48.5 Å². The van der Waals surface area contributed by atoms with Gasteiger partial charge in [-0.25, -0.2) is 8.42 Å². The first kappa shape index (κ1) is 20.4. The Hall–Kier alpha value is -2.87. The number of aryl methyl sites for hydroxylation is 1. The van der Waals surface area contributed by atoms with Crippen LogP contribution >= 0.6 is 0 Å². The minimum absolute atomic E-state index is 0.141. The largest absolute Gasteiger partial charge is 0.497 e. The molecule has 2 aromatic carbocycles. The summed E-state index contributed by atoms with van der Waals surface area (Å²) in [4.78, 5) is 27.5. The van der Waals surface area contributed by atoms with Gasteiger partial charge < -0.3 is 9.64 Å². The second-order valence-corrected chi connectivity index (χ2v) is 10.0. The van der Waals surface area contributed by atoms with Gasteiger partial charge >= 0.3 is 0 Å². The highest BCUT2D eigenvalue weighted by atomic mass is 32.2. The summed E-state index contributed by atoms with van der Waals surface area (Å²) in [5, 5.41) is 0. The molecule has 0 aromatic heterocycles. The van der Waals surface area contributed by atoms with Crippen molar-refractivity contribution in [2.75, 3.05) is 30.9 Å². The fourth-order valence-electron chi connectivity index (χ4n) is 4.45. The van der Waals surface area contributed by atoms with Gasteiger partial charge in [-0.1, -0.05) is 18.2 Å². The van der Waals surface area contributed by atoms with Crippen molar-refractivity contribution >= 4 is 27.3 Å². The summed E-state index contributed by atoms with van der Waals surface area (Å²) in [6.07, 6.45) is 0.383. The van der Waals surface area contributed by atoms with Crippen LogP contribution in [0.5, 0.6) is 5.75 Å². The van der Waals surface area contributed by atoms with Gasteiger partial charge in [-0.05, 0) is 42.8 Å². The summed E-state index contributed by atoms with van der Waals surface area (Å²) in [6, 6.07) is 14.2. The molecule has 0 radical (unpaired) electrons. The number of ether oxygens (including phenoxy) is 1. The molecule has 0 bridgehead atoms. The molecule has 30 heavy (non-hydrogen) atoms. The van der Waals surface area contributed by atoms with E-state index in [0.29, 0.717) is 17.0 Å². The number of carbonyl (C=O) groups excluding carboxylic acids is 2. The zero-order valence-electron chi connectivity index (χ0n) is 17.0. The second-order valence-electron chi connectivity index (χ2n) is 7.74. The van der Waals surface area contributed by atoms with Crippen molar-refractivity contribution in [3.63, 3.8) is 0 Å². The van der Waals surface area contributed by atoms with Crippen LogP contribution in [-0.4, -0.2) is 56.0 Å². The molecule has 1 spiro atoms. The van der Waals surface area contributed by atoms with E-state index in [4.69, 9.17) is 4.74 Å². The molecule has 2 saturated heterocycles. The number of likely N-dealkylation sites (tertiary alicyclic amines) is 1. The summed E-state index contributed by atoms with van der Waals surface area (Å²) in [5.41, 5.74) is 1.94. The van der Waals surface area contributed by atoms with Gasteiger partial charge in [-0.15, -0.1) is 0 Å². The molecule has 2 fully saturated rings. The molecule has 0 atom stereocenters. The van der Waals surface area contributed by atoms with Crippen LogP contribution in [0, 0.1) is 6.92 Å². The van der Waals surface area contributed by atoms with Crippen molar-refractivity contribution < 1.29 is 22.7 Å². The van der Waals surface area contributed by atoms with Gasteiger partial charge in [0.15, 0.2) is 14.7 Å². The molecule has 7 nitrogen and oxygen atoms in total. The Bertz CT molecular complexity index is 1090. The molecule has 2 aromatic rings. The highest BCUT2D eigenvalue weighted by Gasteiger charge is 2.59. The maximum absolute atomic E-state index is 13.1. The van der Waals surface area contributed by atoms with Crippen molar-refractivity contribution in [3.05, 3.63) is 59.7 Å². The predicted molar refractivity (Wildman–Crippen MR) is 113 cm³/mol. The van der Waals surface area contributed by atoms with E-state index in [1.165, 1.54) is 4.90 Å². The Morgan fingerprint density at radius 1 is 1.07 bits per heavy atom. The molecule has 158 valence electrons. The minimum atomic E-state index is -3.67. The molecular weight excluding hydrogens is 404 g/mol. The zero-order valence-corrected chi connectivity index (χ0v) is 17.8. The van der Waals surface area contributed by atoms with E-state index in [2.05, 4.69) is 0 Å². The number of amides is 2. The number of benzene rings is 2. The van der Waals surface area contributed by atoms with Crippen LogP contribution in [0.1, 0.15) is 28.8 Å². The van der Waals surface area contributed by atoms with Gasteiger partial charge in [0.05, 0.1) is 7.11 Å². The van der Waals surface area contributed by atoms with Gasteiger partial charge in [0, 0.05) is 37.2 Å². The molecule has 2 heterocycles. The van der Waals surface area contributed by atoms with Crippen molar-refractivity contribution in [1.82, 2.24) is 4.90 Å². The molecule has 2 amide bonds. The van der Waals surface area contributed by atoms with Crippen molar-refractivity contribution in [3.8, 4) is 5.75 Å². The number of hydrogen-bond donors (Lipinski definition) is 0. The number of hydrogen-bond acceptors (Lipinski definition) is 5. The van der Waals surface area contributed by atoms with Gasteiger partial charge in [0.1, 0.15) is 11.5 Å². The maximum Gasteiger partial charge on any atom is 0.254 e. The number of rotatable bonds is 3. The molecule has 2 aliphatic rings. The Morgan fingerprint density at radius 2 is 1.73 bits per heavy atom. The third-order valence-corrected chi connectivity index (χ3v) is 8.44.